The number of benzene rings is 4. The minimum atomic E-state index is 0.156. The Morgan fingerprint density at radius 2 is 1.41 bits per heavy atom. The van der Waals surface area contributed by atoms with Crippen LogP contribution >= 0.6 is 0 Å². The summed E-state index contributed by atoms with van der Waals surface area (Å²) >= 11 is 0. The molecule has 0 unspecified atom stereocenters. The lowest BCUT2D eigenvalue weighted by molar-refractivity contribution is 0.104. The third kappa shape index (κ3) is 2.09. The fraction of sp³-hybridized carbons (Fsp3) is 0.192. The zero-order valence-corrected chi connectivity index (χ0v) is 16.0. The Labute approximate surface area is 159 Å². The normalized spacial score (nSPS) is 12.8. The van der Waals surface area contributed by atoms with Crippen molar-refractivity contribution < 1.29 is 4.79 Å². The van der Waals surface area contributed by atoms with Crippen molar-refractivity contribution in [2.24, 2.45) is 0 Å². The topological polar surface area (TPSA) is 17.1 Å². The summed E-state index contributed by atoms with van der Waals surface area (Å²) in [6.45, 7) is 6.75. The van der Waals surface area contributed by atoms with Gasteiger partial charge in [0.2, 0.25) is 0 Å². The minimum absolute atomic E-state index is 0.156. The van der Waals surface area contributed by atoms with Crippen molar-refractivity contribution >= 4 is 27.3 Å². The molecule has 1 aliphatic carbocycles. The van der Waals surface area contributed by atoms with Gasteiger partial charge in [0, 0.05) is 16.7 Å². The predicted molar refractivity (Wildman–Crippen MR) is 114 cm³/mol. The van der Waals surface area contributed by atoms with E-state index in [1.807, 2.05) is 24.3 Å². The summed E-state index contributed by atoms with van der Waals surface area (Å²) in [6.07, 6.45) is 0.947. The first-order valence-electron chi connectivity index (χ1n) is 9.77. The number of fused-ring (bicyclic) bond motifs is 6. The van der Waals surface area contributed by atoms with Gasteiger partial charge in [0.05, 0.1) is 0 Å². The molecule has 0 heterocycles. The molecular weight excluding hydrogens is 328 g/mol. The first-order chi connectivity index (χ1) is 13.1. The molecular formula is C26H22O. The summed E-state index contributed by atoms with van der Waals surface area (Å²) < 4.78 is 0. The first kappa shape index (κ1) is 16.3. The van der Waals surface area contributed by atoms with Crippen LogP contribution in [-0.2, 0) is 6.42 Å². The van der Waals surface area contributed by atoms with Gasteiger partial charge in [-0.25, -0.2) is 0 Å². The van der Waals surface area contributed by atoms with Gasteiger partial charge in [-0.1, -0.05) is 75.4 Å². The molecule has 132 valence electrons. The second-order valence-electron chi connectivity index (χ2n) is 7.73. The van der Waals surface area contributed by atoms with Crippen molar-refractivity contribution in [1.82, 2.24) is 0 Å². The standard InChI is InChI=1S/C26H22O/c1-4-16-17-9-5-6-10-18(17)23(15(2)3)21-13-14-22-25(24(16)21)19-11-7-8-12-20(19)26(22)27/h5-15H,4H2,1-3H3. The van der Waals surface area contributed by atoms with Crippen molar-refractivity contribution in [1.29, 1.82) is 0 Å². The lowest BCUT2D eigenvalue weighted by atomic mass is 9.83. The molecule has 1 heteroatoms. The third-order valence-corrected chi connectivity index (χ3v) is 5.96. The quantitative estimate of drug-likeness (QED) is 0.317. The van der Waals surface area contributed by atoms with Crippen LogP contribution in [0.2, 0.25) is 0 Å². The van der Waals surface area contributed by atoms with E-state index in [0.29, 0.717) is 5.92 Å². The minimum Gasteiger partial charge on any atom is -0.289 e. The molecule has 0 amide bonds. The average molecular weight is 350 g/mol. The molecule has 1 aliphatic rings. The van der Waals surface area contributed by atoms with E-state index in [-0.39, 0.29) is 5.78 Å². The van der Waals surface area contributed by atoms with Crippen LogP contribution in [0.3, 0.4) is 0 Å². The Balaban J connectivity index is 2.08. The van der Waals surface area contributed by atoms with Gasteiger partial charge in [0.1, 0.15) is 0 Å². The second-order valence-corrected chi connectivity index (χ2v) is 7.73. The highest BCUT2D eigenvalue weighted by Gasteiger charge is 2.30. The number of aryl methyl sites for hydroxylation is 1. The van der Waals surface area contributed by atoms with Crippen molar-refractivity contribution in [2.45, 2.75) is 33.1 Å². The molecule has 0 bridgehead atoms. The molecule has 0 fully saturated rings. The van der Waals surface area contributed by atoms with E-state index in [9.17, 15) is 4.79 Å². The highest BCUT2D eigenvalue weighted by Crippen LogP contribution is 2.46. The van der Waals surface area contributed by atoms with Gasteiger partial charge in [-0.15, -0.1) is 0 Å². The molecule has 1 nitrogen and oxygen atoms in total. The summed E-state index contributed by atoms with van der Waals surface area (Å²) in [4.78, 5) is 13.0. The van der Waals surface area contributed by atoms with Crippen LogP contribution in [0.4, 0.5) is 0 Å². The lowest BCUT2D eigenvalue weighted by Gasteiger charge is -2.20. The van der Waals surface area contributed by atoms with E-state index in [2.05, 4.69) is 57.2 Å². The van der Waals surface area contributed by atoms with Crippen molar-refractivity contribution in [3.63, 3.8) is 0 Å². The summed E-state index contributed by atoms with van der Waals surface area (Å²) in [5.41, 5.74) is 6.65. The van der Waals surface area contributed by atoms with Crippen LogP contribution in [0.1, 0.15) is 53.7 Å². The highest BCUT2D eigenvalue weighted by atomic mass is 16.1. The maximum Gasteiger partial charge on any atom is 0.194 e. The molecule has 5 rings (SSSR count). The van der Waals surface area contributed by atoms with Gasteiger partial charge in [-0.2, -0.15) is 0 Å². The van der Waals surface area contributed by atoms with Crippen LogP contribution < -0.4 is 0 Å². The molecule has 0 saturated heterocycles. The van der Waals surface area contributed by atoms with Crippen molar-refractivity contribution in [2.75, 3.05) is 0 Å². The zero-order chi connectivity index (χ0) is 18.7. The Morgan fingerprint density at radius 3 is 2.11 bits per heavy atom. The number of carbonyl (C=O) groups is 1. The van der Waals surface area contributed by atoms with Crippen LogP contribution in [0.5, 0.6) is 0 Å². The Kier molecular flexibility index (Phi) is 3.48. The van der Waals surface area contributed by atoms with Gasteiger partial charge in [0.25, 0.3) is 0 Å². The molecule has 0 spiro atoms. The molecule has 27 heavy (non-hydrogen) atoms. The van der Waals surface area contributed by atoms with Gasteiger partial charge in [0.15, 0.2) is 5.78 Å². The third-order valence-electron chi connectivity index (χ3n) is 5.96. The van der Waals surface area contributed by atoms with Gasteiger partial charge < -0.3 is 0 Å². The maximum absolute atomic E-state index is 13.0. The van der Waals surface area contributed by atoms with E-state index in [1.165, 1.54) is 32.7 Å². The predicted octanol–water partition coefficient (Wildman–Crippen LogP) is 6.89. The van der Waals surface area contributed by atoms with Crippen LogP contribution in [0.15, 0.2) is 60.7 Å². The number of hydrogen-bond donors (Lipinski definition) is 0. The smallest absolute Gasteiger partial charge is 0.194 e. The van der Waals surface area contributed by atoms with E-state index in [0.717, 1.165) is 28.7 Å². The molecule has 4 aromatic carbocycles. The SMILES string of the molecule is CCc1c2ccccc2c(C(C)C)c2ccc3c(c12)-c1ccccc1C3=O. The van der Waals surface area contributed by atoms with Crippen molar-refractivity contribution in [3.05, 3.63) is 82.9 Å². The summed E-state index contributed by atoms with van der Waals surface area (Å²) in [7, 11) is 0. The van der Waals surface area contributed by atoms with E-state index in [1.54, 1.807) is 0 Å². The fourth-order valence-corrected chi connectivity index (χ4v) is 4.90. The van der Waals surface area contributed by atoms with E-state index >= 15 is 0 Å². The molecule has 0 saturated carbocycles. The monoisotopic (exact) mass is 350 g/mol. The first-order valence-corrected chi connectivity index (χ1v) is 9.77. The molecule has 0 atom stereocenters. The van der Waals surface area contributed by atoms with Crippen LogP contribution in [0, 0.1) is 0 Å². The van der Waals surface area contributed by atoms with E-state index in [4.69, 9.17) is 0 Å². The Morgan fingerprint density at radius 1 is 0.741 bits per heavy atom. The summed E-state index contributed by atoms with van der Waals surface area (Å²) in [6, 6.07) is 21.0. The zero-order valence-electron chi connectivity index (χ0n) is 16.0. The number of carbonyl (C=O) groups excluding carboxylic acids is 1. The summed E-state index contributed by atoms with van der Waals surface area (Å²) in [5, 5.41) is 5.23. The van der Waals surface area contributed by atoms with Gasteiger partial charge in [-0.3, -0.25) is 4.79 Å². The van der Waals surface area contributed by atoms with E-state index < -0.39 is 0 Å². The molecule has 4 aromatic rings. The Bertz CT molecular complexity index is 1240. The number of ketones is 1. The number of hydrogen-bond acceptors (Lipinski definition) is 1. The number of rotatable bonds is 2. The van der Waals surface area contributed by atoms with Gasteiger partial charge >= 0.3 is 0 Å². The lowest BCUT2D eigenvalue weighted by Crippen LogP contribution is -2.00. The largest absolute Gasteiger partial charge is 0.289 e. The molecule has 0 aromatic heterocycles. The maximum atomic E-state index is 13.0. The van der Waals surface area contributed by atoms with Crippen molar-refractivity contribution in [3.8, 4) is 11.1 Å². The average Bonchev–Trinajstić information content (AvgIpc) is 2.98. The summed E-state index contributed by atoms with van der Waals surface area (Å²) in [5.74, 6) is 0.567. The molecule has 0 N–H and O–H groups in total. The fourth-order valence-electron chi connectivity index (χ4n) is 4.90. The molecule has 0 radical (unpaired) electrons. The Hall–Kier alpha value is -2.93. The van der Waals surface area contributed by atoms with Gasteiger partial charge in [-0.05, 0) is 56.6 Å². The highest BCUT2D eigenvalue weighted by molar-refractivity contribution is 6.27. The van der Waals surface area contributed by atoms with Crippen LogP contribution in [0.25, 0.3) is 32.7 Å². The molecule has 0 aliphatic heterocycles. The van der Waals surface area contributed by atoms with Crippen LogP contribution in [-0.4, -0.2) is 5.78 Å². The second kappa shape index (κ2) is 5.79.